The van der Waals surface area contributed by atoms with Crippen molar-refractivity contribution in [3.8, 4) is 0 Å². The van der Waals surface area contributed by atoms with Crippen LogP contribution in [0.3, 0.4) is 0 Å². The second-order valence-corrected chi connectivity index (χ2v) is 5.63. The third-order valence-corrected chi connectivity index (χ3v) is 3.98. The lowest BCUT2D eigenvalue weighted by Crippen LogP contribution is -2.24. The van der Waals surface area contributed by atoms with E-state index in [1.165, 1.54) is 11.1 Å². The lowest BCUT2D eigenvalue weighted by molar-refractivity contribution is 0.634. The Balaban J connectivity index is 1.63. The van der Waals surface area contributed by atoms with Crippen molar-refractivity contribution in [2.45, 2.75) is 32.6 Å². The Morgan fingerprint density at radius 1 is 1.24 bits per heavy atom. The van der Waals surface area contributed by atoms with E-state index in [1.54, 1.807) is 0 Å². The molecular weight excluding hydrogens is 260 g/mol. The molecule has 0 radical (unpaired) electrons. The number of rotatable bonds is 6. The Bertz CT molecular complexity index is 624. The van der Waals surface area contributed by atoms with E-state index in [4.69, 9.17) is 0 Å². The minimum atomic E-state index is 0.600. The maximum atomic E-state index is 4.56. The second-order valence-electron chi connectivity index (χ2n) is 5.63. The number of nitrogens with one attached hydrogen (secondary N) is 2. The van der Waals surface area contributed by atoms with E-state index in [9.17, 15) is 0 Å². The molecule has 0 fully saturated rings. The summed E-state index contributed by atoms with van der Waals surface area (Å²) >= 11 is 0. The SMILES string of the molecule is CCCNc1ncc(C)c(NCC2Cc3ccccc32)n1. The minimum Gasteiger partial charge on any atom is -0.369 e. The molecule has 1 aliphatic rings. The molecule has 1 aliphatic carbocycles. The number of fused-ring (bicyclic) bond motifs is 1. The van der Waals surface area contributed by atoms with E-state index in [2.05, 4.69) is 51.8 Å². The largest absolute Gasteiger partial charge is 0.369 e. The molecule has 2 N–H and O–H groups in total. The molecule has 1 aromatic carbocycles. The van der Waals surface area contributed by atoms with Gasteiger partial charge in [0.2, 0.25) is 5.95 Å². The molecule has 0 aliphatic heterocycles. The predicted octanol–water partition coefficient (Wildman–Crippen LogP) is 3.36. The Labute approximate surface area is 126 Å². The van der Waals surface area contributed by atoms with Crippen LogP contribution in [0.4, 0.5) is 11.8 Å². The molecule has 0 bridgehead atoms. The van der Waals surface area contributed by atoms with Gasteiger partial charge in [0.05, 0.1) is 0 Å². The van der Waals surface area contributed by atoms with Crippen LogP contribution in [-0.4, -0.2) is 23.1 Å². The lowest BCUT2D eigenvalue weighted by Gasteiger charge is -2.30. The maximum absolute atomic E-state index is 4.56. The molecule has 1 aromatic heterocycles. The Hall–Kier alpha value is -2.10. The van der Waals surface area contributed by atoms with Gasteiger partial charge in [0.15, 0.2) is 0 Å². The van der Waals surface area contributed by atoms with Crippen molar-refractivity contribution in [3.05, 3.63) is 47.2 Å². The average Bonchev–Trinajstić information content (AvgIpc) is 2.48. The summed E-state index contributed by atoms with van der Waals surface area (Å²) in [7, 11) is 0. The van der Waals surface area contributed by atoms with Crippen LogP contribution >= 0.6 is 0 Å². The molecule has 0 saturated heterocycles. The van der Waals surface area contributed by atoms with Gasteiger partial charge in [-0.15, -0.1) is 0 Å². The molecule has 3 rings (SSSR count). The van der Waals surface area contributed by atoms with Crippen LogP contribution in [0.5, 0.6) is 0 Å². The normalized spacial score (nSPS) is 16.0. The van der Waals surface area contributed by atoms with E-state index in [1.807, 2.05) is 13.1 Å². The van der Waals surface area contributed by atoms with Gasteiger partial charge >= 0.3 is 0 Å². The van der Waals surface area contributed by atoms with E-state index in [-0.39, 0.29) is 0 Å². The van der Waals surface area contributed by atoms with E-state index >= 15 is 0 Å². The maximum Gasteiger partial charge on any atom is 0.224 e. The highest BCUT2D eigenvalue weighted by Gasteiger charge is 2.25. The zero-order chi connectivity index (χ0) is 14.7. The number of nitrogens with zero attached hydrogens (tertiary/aromatic N) is 2. The topological polar surface area (TPSA) is 49.8 Å². The molecule has 4 nitrogen and oxygen atoms in total. The zero-order valence-electron chi connectivity index (χ0n) is 12.7. The number of aryl methyl sites for hydroxylation is 1. The molecule has 1 atom stereocenters. The van der Waals surface area contributed by atoms with Gasteiger partial charge < -0.3 is 10.6 Å². The third kappa shape index (κ3) is 2.99. The summed E-state index contributed by atoms with van der Waals surface area (Å²) in [5.74, 6) is 2.24. The minimum absolute atomic E-state index is 0.600. The molecule has 1 heterocycles. The van der Waals surface area contributed by atoms with Crippen LogP contribution in [-0.2, 0) is 6.42 Å². The number of anilines is 2. The van der Waals surface area contributed by atoms with E-state index in [0.29, 0.717) is 11.9 Å². The lowest BCUT2D eigenvalue weighted by atomic mass is 9.77. The molecule has 4 heteroatoms. The molecule has 0 saturated carbocycles. The fraction of sp³-hybridized carbons (Fsp3) is 0.412. The van der Waals surface area contributed by atoms with Crippen LogP contribution in [0.25, 0.3) is 0 Å². The molecule has 0 amide bonds. The zero-order valence-corrected chi connectivity index (χ0v) is 12.7. The van der Waals surface area contributed by atoms with Crippen LogP contribution in [0.1, 0.15) is 36.0 Å². The van der Waals surface area contributed by atoms with Crippen LogP contribution in [0.2, 0.25) is 0 Å². The summed E-state index contributed by atoms with van der Waals surface area (Å²) in [6, 6.07) is 8.68. The molecule has 110 valence electrons. The van der Waals surface area contributed by atoms with Gasteiger partial charge in [0.1, 0.15) is 5.82 Å². The fourth-order valence-electron chi connectivity index (χ4n) is 2.71. The van der Waals surface area contributed by atoms with Crippen LogP contribution in [0.15, 0.2) is 30.5 Å². The highest BCUT2D eigenvalue weighted by Crippen LogP contribution is 2.34. The van der Waals surface area contributed by atoms with Crippen LogP contribution in [0, 0.1) is 6.92 Å². The first kappa shape index (κ1) is 13.9. The molecular formula is C17H22N4. The van der Waals surface area contributed by atoms with Gasteiger partial charge in [0, 0.05) is 30.8 Å². The Morgan fingerprint density at radius 3 is 2.90 bits per heavy atom. The Kier molecular flexibility index (Phi) is 4.04. The summed E-state index contributed by atoms with van der Waals surface area (Å²) < 4.78 is 0. The highest BCUT2D eigenvalue weighted by molar-refractivity contribution is 5.48. The Morgan fingerprint density at radius 2 is 2.10 bits per heavy atom. The van der Waals surface area contributed by atoms with Crippen molar-refractivity contribution in [1.82, 2.24) is 9.97 Å². The van der Waals surface area contributed by atoms with Crippen molar-refractivity contribution in [1.29, 1.82) is 0 Å². The molecule has 0 spiro atoms. The van der Waals surface area contributed by atoms with Crippen molar-refractivity contribution in [2.75, 3.05) is 23.7 Å². The molecule has 1 unspecified atom stereocenters. The first-order valence-electron chi connectivity index (χ1n) is 7.67. The van der Waals surface area contributed by atoms with Gasteiger partial charge in [-0.05, 0) is 30.9 Å². The smallest absolute Gasteiger partial charge is 0.224 e. The number of hydrogen-bond donors (Lipinski definition) is 2. The fourth-order valence-corrected chi connectivity index (χ4v) is 2.71. The molecule has 21 heavy (non-hydrogen) atoms. The quantitative estimate of drug-likeness (QED) is 0.853. The summed E-state index contributed by atoms with van der Waals surface area (Å²) in [4.78, 5) is 8.87. The van der Waals surface area contributed by atoms with Gasteiger partial charge in [0.25, 0.3) is 0 Å². The monoisotopic (exact) mass is 282 g/mol. The van der Waals surface area contributed by atoms with Crippen molar-refractivity contribution < 1.29 is 0 Å². The summed E-state index contributed by atoms with van der Waals surface area (Å²) in [6.45, 7) is 6.01. The van der Waals surface area contributed by atoms with Gasteiger partial charge in [-0.2, -0.15) is 4.98 Å². The van der Waals surface area contributed by atoms with Gasteiger partial charge in [-0.25, -0.2) is 4.98 Å². The highest BCUT2D eigenvalue weighted by atomic mass is 15.1. The van der Waals surface area contributed by atoms with E-state index < -0.39 is 0 Å². The number of aromatic nitrogens is 2. The third-order valence-electron chi connectivity index (χ3n) is 3.98. The first-order chi connectivity index (χ1) is 10.3. The second kappa shape index (κ2) is 6.12. The number of hydrogen-bond acceptors (Lipinski definition) is 4. The predicted molar refractivity (Wildman–Crippen MR) is 86.9 cm³/mol. The summed E-state index contributed by atoms with van der Waals surface area (Å²) in [5.41, 5.74) is 4.04. The van der Waals surface area contributed by atoms with Crippen LogP contribution < -0.4 is 10.6 Å². The van der Waals surface area contributed by atoms with Gasteiger partial charge in [-0.3, -0.25) is 0 Å². The van der Waals surface area contributed by atoms with Crippen molar-refractivity contribution >= 4 is 11.8 Å². The van der Waals surface area contributed by atoms with Gasteiger partial charge in [-0.1, -0.05) is 31.2 Å². The van der Waals surface area contributed by atoms with Crippen molar-refractivity contribution in [3.63, 3.8) is 0 Å². The van der Waals surface area contributed by atoms with E-state index in [0.717, 1.165) is 37.3 Å². The average molecular weight is 282 g/mol. The van der Waals surface area contributed by atoms with Crippen molar-refractivity contribution in [2.24, 2.45) is 0 Å². The first-order valence-corrected chi connectivity index (χ1v) is 7.67. The standard InChI is InChI=1S/C17H22N4/c1-3-8-18-17-20-10-12(2)16(21-17)19-11-14-9-13-6-4-5-7-15(13)14/h4-7,10,14H,3,8-9,11H2,1-2H3,(H2,18,19,20,21). The molecule has 2 aromatic rings. The summed E-state index contributed by atoms with van der Waals surface area (Å²) in [6.07, 6.45) is 4.11. The summed E-state index contributed by atoms with van der Waals surface area (Å²) in [5, 5.41) is 6.71. The number of benzene rings is 1.